The van der Waals surface area contributed by atoms with E-state index in [2.05, 4.69) is 107 Å². The average molecular weight is 1060 g/mol. The maximum atomic E-state index is 7.50. The molecular weight excluding hydrogens is 1050 g/mol. The molecule has 0 N–H and O–H groups in total. The van der Waals surface area contributed by atoms with E-state index in [0.29, 0.717) is 0 Å². The van der Waals surface area contributed by atoms with Crippen LogP contribution in [0.5, 0.6) is 0 Å². The second kappa shape index (κ2) is 782. The van der Waals surface area contributed by atoms with Gasteiger partial charge in [-0.2, -0.15) is 0 Å². The molecular formula is C18H6O14P2W3. The molecule has 0 unspecified atom stereocenters. The molecule has 1 fully saturated rings. The van der Waals surface area contributed by atoms with Crippen LogP contribution in [0.15, 0.2) is 0 Å². The van der Waals surface area contributed by atoms with Gasteiger partial charge in [0, 0.05) is 74.5 Å². The monoisotopic (exact) mass is 1060 g/mol. The molecule has 0 amide bonds. The molecule has 0 saturated carbocycles. The zero-order valence-corrected chi connectivity index (χ0v) is 28.4. The Morgan fingerprint density at radius 3 is 0.324 bits per heavy atom. The van der Waals surface area contributed by atoms with Gasteiger partial charge < -0.3 is 0 Å². The summed E-state index contributed by atoms with van der Waals surface area (Å²) in [5.41, 5.74) is 3.13. The summed E-state index contributed by atoms with van der Waals surface area (Å²) < 4.78 is 105. The summed E-state index contributed by atoms with van der Waals surface area (Å²) in [6.45, 7) is 67.4. The van der Waals surface area contributed by atoms with Gasteiger partial charge in [0.25, 0.3) is 0 Å². The minimum Gasteiger partial charge on any atom is 0 e. The Balaban J connectivity index is -0.00000000791. The smallest absolute Gasteiger partial charge is 0 e. The van der Waals surface area contributed by atoms with Crippen LogP contribution in [0.2, 0.25) is 0 Å². The predicted molar refractivity (Wildman–Crippen MR) is 86.7 cm³/mol. The van der Waals surface area contributed by atoms with Crippen LogP contribution >= 0.6 is 16.5 Å². The minimum atomic E-state index is 0. The Morgan fingerprint density at radius 2 is 0.324 bits per heavy atom. The molecule has 0 atom stereocenters. The van der Waals surface area contributed by atoms with Crippen molar-refractivity contribution in [3.63, 3.8) is 0 Å². The molecule has 190 valence electrons. The van der Waals surface area contributed by atoms with E-state index in [1.807, 2.05) is 0 Å². The molecule has 37 heavy (non-hydrogen) atoms. The molecule has 0 aliphatic carbocycles. The topological polar surface area (TPSA) is 279 Å². The zero-order valence-electron chi connectivity index (χ0n) is 17.8. The third-order valence-electron chi connectivity index (χ3n) is 0.874. The zero-order chi connectivity index (χ0) is 32.6. The van der Waals surface area contributed by atoms with Crippen molar-refractivity contribution < 1.29 is 128 Å². The summed E-state index contributed by atoms with van der Waals surface area (Å²) in [5, 5.41) is 0. The molecule has 1 aliphatic heterocycles. The Bertz CT molecular complexity index is 388. The predicted octanol–water partition coefficient (Wildman–Crippen LogP) is 2.38. The summed E-state index contributed by atoms with van der Waals surface area (Å²) in [7, 11) is 3.05. The summed E-state index contributed by atoms with van der Waals surface area (Å²) in [6, 6.07) is 0. The SMILES string of the molecule is C[C]1[P][P][C]1C.[C-]#[O+].[C-]#[O+].[C-]#[O+].[C-]#[O+].[C-]#[O+].[C-]#[O+].[C-]#[O+].[C-]#[O+].[C-]#[O+].[C-]#[O+].[C-]#[O+].[C-]#[O+].[C-]#[O+].[C-]#[O+].[W].[W].[W]. The standard InChI is InChI=1S/C4H6P2.14CO.3W/c1-3-4(2)6-5-3;14*1-2;;;/h1-2H3;;;;;;;;;;;;;;;;;. The number of hydrogen-bond acceptors (Lipinski definition) is 0. The average Bonchev–Trinajstić information content (AvgIpc) is 3.06. The Kier molecular flexibility index (Phi) is 2570. The third kappa shape index (κ3) is 570. The Labute approximate surface area is 261 Å². The first-order chi connectivity index (χ1) is 16.8. The first kappa shape index (κ1) is 121. The summed E-state index contributed by atoms with van der Waals surface area (Å²) in [4.78, 5) is 0. The largest absolute Gasteiger partial charge is 0 e. The van der Waals surface area contributed by atoms with Crippen LogP contribution < -0.4 is 0 Å². The first-order valence-electron chi connectivity index (χ1n) is 4.75. The van der Waals surface area contributed by atoms with Crippen LogP contribution in [0, 0.1) is 104 Å². The molecule has 1 aliphatic rings. The third-order valence-corrected chi connectivity index (χ3v) is 4.52. The Hall–Kier alpha value is -0.715. The van der Waals surface area contributed by atoms with E-state index in [0.717, 1.165) is 0 Å². The molecule has 1 rings (SSSR count). The minimum absolute atomic E-state index is 0. The van der Waals surface area contributed by atoms with E-state index in [1.165, 1.54) is 16.5 Å². The van der Waals surface area contributed by atoms with Crippen molar-refractivity contribution in [2.45, 2.75) is 13.8 Å². The van der Waals surface area contributed by atoms with E-state index < -0.39 is 0 Å². The summed E-state index contributed by atoms with van der Waals surface area (Å²) >= 11 is 0. The fourth-order valence-electron chi connectivity index (χ4n) is 0.250. The molecule has 1 saturated heterocycles. The van der Waals surface area contributed by atoms with Crippen LogP contribution in [-0.2, 0) is 128 Å². The number of hydrogen-bond donors (Lipinski definition) is 0. The van der Waals surface area contributed by atoms with Crippen LogP contribution in [0.25, 0.3) is 0 Å². The van der Waals surface area contributed by atoms with Crippen LogP contribution in [-0.4, -0.2) is 0 Å². The van der Waals surface area contributed by atoms with E-state index in [4.69, 9.17) is 65.1 Å². The van der Waals surface area contributed by atoms with E-state index in [9.17, 15) is 0 Å². The first-order valence-corrected chi connectivity index (χ1v) is 7.25. The molecule has 0 aromatic rings. The fourth-order valence-corrected chi connectivity index (χ4v) is 2.25. The Morgan fingerprint density at radius 1 is 0.270 bits per heavy atom. The van der Waals surface area contributed by atoms with Gasteiger partial charge in [-0.15, -0.1) is 0 Å². The van der Waals surface area contributed by atoms with Crippen molar-refractivity contribution in [1.82, 2.24) is 0 Å². The van der Waals surface area contributed by atoms with Gasteiger partial charge in [0.1, 0.15) is 0 Å². The molecule has 1 heterocycles. The van der Waals surface area contributed by atoms with Gasteiger partial charge in [-0.3, -0.25) is 0 Å². The van der Waals surface area contributed by atoms with Crippen LogP contribution in [0.3, 0.4) is 0 Å². The van der Waals surface area contributed by atoms with Gasteiger partial charge in [0.2, 0.25) is 0 Å². The second-order valence-electron chi connectivity index (χ2n) is 1.37. The van der Waals surface area contributed by atoms with Crippen molar-refractivity contribution in [3.8, 4) is 0 Å². The van der Waals surface area contributed by atoms with Gasteiger partial charge in [-0.1, -0.05) is 13.8 Å². The molecule has 0 spiro atoms. The molecule has 0 bridgehead atoms. The van der Waals surface area contributed by atoms with Crippen molar-refractivity contribution in [2.75, 3.05) is 0 Å². The molecule has 0 aromatic heterocycles. The normalized spacial score (nSPS) is 6.43. The molecule has 0 aromatic carbocycles. The maximum absolute atomic E-state index is 7.50. The van der Waals surface area contributed by atoms with Gasteiger partial charge in [0.15, 0.2) is 0 Å². The van der Waals surface area contributed by atoms with E-state index in [1.54, 1.807) is 11.3 Å². The molecule has 19 heteroatoms. The van der Waals surface area contributed by atoms with Gasteiger partial charge in [-0.05, 0) is 16.5 Å². The quantitative estimate of drug-likeness (QED) is 0.192. The molecule has 14 nitrogen and oxygen atoms in total. The van der Waals surface area contributed by atoms with Crippen LogP contribution in [0.4, 0.5) is 0 Å². The summed E-state index contributed by atoms with van der Waals surface area (Å²) in [5.74, 6) is 0. The fraction of sp³-hybridized carbons (Fsp3) is 0.111. The maximum Gasteiger partial charge on any atom is 0 e. The molecule has 4 radical (unpaired) electrons. The summed E-state index contributed by atoms with van der Waals surface area (Å²) in [6.07, 6.45) is 0. The second-order valence-corrected chi connectivity index (χ2v) is 4.31. The van der Waals surface area contributed by atoms with E-state index in [-0.39, 0.29) is 63.2 Å². The van der Waals surface area contributed by atoms with Crippen LogP contribution in [0.1, 0.15) is 13.8 Å². The van der Waals surface area contributed by atoms with Crippen molar-refractivity contribution >= 4 is 16.5 Å². The van der Waals surface area contributed by atoms with Crippen molar-refractivity contribution in [2.24, 2.45) is 0 Å². The van der Waals surface area contributed by atoms with Gasteiger partial charge in [-0.25, -0.2) is 0 Å². The number of rotatable bonds is 0. The van der Waals surface area contributed by atoms with Gasteiger partial charge >= 0.3 is 158 Å². The van der Waals surface area contributed by atoms with Crippen molar-refractivity contribution in [1.29, 1.82) is 0 Å². The van der Waals surface area contributed by atoms with Crippen molar-refractivity contribution in [3.05, 3.63) is 104 Å². The van der Waals surface area contributed by atoms with Gasteiger partial charge in [0.05, 0.1) is 0 Å². The van der Waals surface area contributed by atoms with E-state index >= 15 is 0 Å².